The van der Waals surface area contributed by atoms with Crippen LogP contribution in [0.1, 0.15) is 17.3 Å². The third-order valence-electron chi connectivity index (χ3n) is 1.99. The standard InChI is InChI=1S/C11H13BrN2O3/c1-7(15)13-4-5-14-11(17)8-2-3-9(12)10(16)6-8/h2-3,6,16H,4-5H2,1H3,(H,13,15)(H,14,17). The van der Waals surface area contributed by atoms with Gasteiger partial charge in [0, 0.05) is 25.6 Å². The van der Waals surface area contributed by atoms with Gasteiger partial charge in [0.15, 0.2) is 0 Å². The number of hydrogen-bond acceptors (Lipinski definition) is 3. The molecule has 0 saturated carbocycles. The quantitative estimate of drug-likeness (QED) is 0.727. The molecule has 0 spiro atoms. The first kappa shape index (κ1) is 13.5. The highest BCUT2D eigenvalue weighted by Gasteiger charge is 2.07. The Balaban J connectivity index is 2.47. The molecular weight excluding hydrogens is 288 g/mol. The van der Waals surface area contributed by atoms with Crippen molar-refractivity contribution in [2.75, 3.05) is 13.1 Å². The molecule has 2 amide bonds. The molecule has 1 rings (SSSR count). The molecule has 0 atom stereocenters. The second kappa shape index (κ2) is 6.24. The van der Waals surface area contributed by atoms with Gasteiger partial charge in [-0.2, -0.15) is 0 Å². The number of aromatic hydroxyl groups is 1. The fraction of sp³-hybridized carbons (Fsp3) is 0.273. The number of rotatable bonds is 4. The van der Waals surface area contributed by atoms with Gasteiger partial charge in [-0.15, -0.1) is 0 Å². The van der Waals surface area contributed by atoms with Crippen LogP contribution in [0.2, 0.25) is 0 Å². The molecule has 6 heteroatoms. The summed E-state index contributed by atoms with van der Waals surface area (Å²) in [5, 5.41) is 14.6. The maximum absolute atomic E-state index is 11.6. The second-order valence-electron chi connectivity index (χ2n) is 3.41. The number of hydrogen-bond donors (Lipinski definition) is 3. The predicted molar refractivity (Wildman–Crippen MR) is 66.8 cm³/mol. The van der Waals surface area contributed by atoms with Crippen molar-refractivity contribution < 1.29 is 14.7 Å². The van der Waals surface area contributed by atoms with Gasteiger partial charge in [0.25, 0.3) is 5.91 Å². The van der Waals surface area contributed by atoms with Crippen molar-refractivity contribution in [3.05, 3.63) is 28.2 Å². The highest BCUT2D eigenvalue weighted by atomic mass is 79.9. The van der Waals surface area contributed by atoms with Crippen LogP contribution in [0.4, 0.5) is 0 Å². The molecule has 1 aromatic rings. The van der Waals surface area contributed by atoms with Crippen LogP contribution < -0.4 is 10.6 Å². The lowest BCUT2D eigenvalue weighted by Gasteiger charge is -2.06. The SMILES string of the molecule is CC(=O)NCCNC(=O)c1ccc(Br)c(O)c1. The first-order valence-corrected chi connectivity index (χ1v) is 5.81. The minimum atomic E-state index is -0.293. The summed E-state index contributed by atoms with van der Waals surface area (Å²) >= 11 is 3.13. The number of phenols is 1. The summed E-state index contributed by atoms with van der Waals surface area (Å²) in [5.74, 6) is -0.418. The van der Waals surface area contributed by atoms with Crippen molar-refractivity contribution >= 4 is 27.7 Å². The fourth-order valence-corrected chi connectivity index (χ4v) is 1.42. The lowest BCUT2D eigenvalue weighted by molar-refractivity contribution is -0.118. The van der Waals surface area contributed by atoms with Crippen LogP contribution in [-0.4, -0.2) is 30.0 Å². The number of nitrogens with one attached hydrogen (secondary N) is 2. The molecule has 5 nitrogen and oxygen atoms in total. The zero-order valence-corrected chi connectivity index (χ0v) is 10.9. The molecule has 0 unspecified atom stereocenters. The zero-order valence-electron chi connectivity index (χ0n) is 9.29. The van der Waals surface area contributed by atoms with Crippen molar-refractivity contribution in [1.29, 1.82) is 0 Å². The lowest BCUT2D eigenvalue weighted by atomic mass is 10.2. The summed E-state index contributed by atoms with van der Waals surface area (Å²) in [7, 11) is 0. The highest BCUT2D eigenvalue weighted by molar-refractivity contribution is 9.10. The summed E-state index contributed by atoms with van der Waals surface area (Å²) < 4.78 is 0.535. The Morgan fingerprint density at radius 2 is 1.94 bits per heavy atom. The topological polar surface area (TPSA) is 78.4 Å². The van der Waals surface area contributed by atoms with Gasteiger partial charge in [0.05, 0.1) is 4.47 Å². The third kappa shape index (κ3) is 4.44. The van der Waals surface area contributed by atoms with E-state index in [-0.39, 0.29) is 17.6 Å². The molecule has 17 heavy (non-hydrogen) atoms. The first-order chi connectivity index (χ1) is 8.00. The normalized spacial score (nSPS) is 9.76. The van der Waals surface area contributed by atoms with Crippen LogP contribution in [0, 0.1) is 0 Å². The van der Waals surface area contributed by atoms with Gasteiger partial charge >= 0.3 is 0 Å². The van der Waals surface area contributed by atoms with E-state index in [0.717, 1.165) is 0 Å². The number of benzene rings is 1. The third-order valence-corrected chi connectivity index (χ3v) is 2.66. The fourth-order valence-electron chi connectivity index (χ4n) is 1.17. The van der Waals surface area contributed by atoms with Crippen molar-refractivity contribution in [2.24, 2.45) is 0 Å². The average molecular weight is 301 g/mol. The summed E-state index contributed by atoms with van der Waals surface area (Å²) in [6.07, 6.45) is 0. The minimum Gasteiger partial charge on any atom is -0.507 e. The van der Waals surface area contributed by atoms with Crippen LogP contribution in [0.15, 0.2) is 22.7 Å². The smallest absolute Gasteiger partial charge is 0.251 e. The van der Waals surface area contributed by atoms with Crippen LogP contribution in [0.3, 0.4) is 0 Å². The molecule has 0 radical (unpaired) electrons. The van der Waals surface area contributed by atoms with Gasteiger partial charge < -0.3 is 15.7 Å². The van der Waals surface area contributed by atoms with E-state index in [4.69, 9.17) is 0 Å². The Kier molecular flexibility index (Phi) is 4.96. The van der Waals surface area contributed by atoms with Gasteiger partial charge in [0.2, 0.25) is 5.91 Å². The molecule has 0 aliphatic carbocycles. The van der Waals surface area contributed by atoms with E-state index >= 15 is 0 Å². The molecule has 0 heterocycles. The molecule has 0 fully saturated rings. The van der Waals surface area contributed by atoms with Gasteiger partial charge in [-0.25, -0.2) is 0 Å². The average Bonchev–Trinajstić information content (AvgIpc) is 2.27. The van der Waals surface area contributed by atoms with E-state index in [9.17, 15) is 14.7 Å². The highest BCUT2D eigenvalue weighted by Crippen LogP contribution is 2.24. The van der Waals surface area contributed by atoms with E-state index in [1.165, 1.54) is 13.0 Å². The van der Waals surface area contributed by atoms with Crippen molar-refractivity contribution in [3.63, 3.8) is 0 Å². The van der Waals surface area contributed by atoms with Gasteiger partial charge in [-0.1, -0.05) is 0 Å². The van der Waals surface area contributed by atoms with E-state index in [2.05, 4.69) is 26.6 Å². The number of carbonyl (C=O) groups is 2. The van der Waals surface area contributed by atoms with E-state index in [1.807, 2.05) is 0 Å². The monoisotopic (exact) mass is 300 g/mol. The maximum Gasteiger partial charge on any atom is 0.251 e. The van der Waals surface area contributed by atoms with E-state index in [1.54, 1.807) is 12.1 Å². The second-order valence-corrected chi connectivity index (χ2v) is 4.26. The summed E-state index contributed by atoms with van der Waals surface area (Å²) in [5.41, 5.74) is 0.369. The van der Waals surface area contributed by atoms with Crippen molar-refractivity contribution in [3.8, 4) is 5.75 Å². The van der Waals surface area contributed by atoms with E-state index in [0.29, 0.717) is 23.1 Å². The van der Waals surface area contributed by atoms with Crippen molar-refractivity contribution in [2.45, 2.75) is 6.92 Å². The Morgan fingerprint density at radius 3 is 2.53 bits per heavy atom. The molecule has 92 valence electrons. The molecular formula is C11H13BrN2O3. The van der Waals surface area contributed by atoms with Crippen LogP contribution in [0.5, 0.6) is 5.75 Å². The first-order valence-electron chi connectivity index (χ1n) is 5.02. The van der Waals surface area contributed by atoms with Crippen molar-refractivity contribution in [1.82, 2.24) is 10.6 Å². The largest absolute Gasteiger partial charge is 0.507 e. The van der Waals surface area contributed by atoms with Gasteiger partial charge in [-0.3, -0.25) is 9.59 Å². The minimum absolute atomic E-state index is 0.0134. The number of carbonyl (C=O) groups excluding carboxylic acids is 2. The zero-order chi connectivity index (χ0) is 12.8. The summed E-state index contributed by atoms with van der Waals surface area (Å²) in [6.45, 7) is 2.13. The van der Waals surface area contributed by atoms with Gasteiger partial charge in [0.1, 0.15) is 5.75 Å². The van der Waals surface area contributed by atoms with Gasteiger partial charge in [-0.05, 0) is 34.1 Å². The number of halogens is 1. The van der Waals surface area contributed by atoms with Crippen LogP contribution in [-0.2, 0) is 4.79 Å². The molecule has 0 aliphatic heterocycles. The van der Waals surface area contributed by atoms with Crippen LogP contribution in [0.25, 0.3) is 0 Å². The number of amides is 2. The molecule has 0 aromatic heterocycles. The Morgan fingerprint density at radius 1 is 1.29 bits per heavy atom. The Labute approximate surface area is 107 Å². The maximum atomic E-state index is 11.6. The molecule has 0 aliphatic rings. The van der Waals surface area contributed by atoms with Crippen LogP contribution >= 0.6 is 15.9 Å². The molecule has 3 N–H and O–H groups in total. The number of phenolic OH excluding ortho intramolecular Hbond substituents is 1. The Hall–Kier alpha value is -1.56. The van der Waals surface area contributed by atoms with E-state index < -0.39 is 0 Å². The summed E-state index contributed by atoms with van der Waals surface area (Å²) in [4.78, 5) is 22.2. The molecule has 0 saturated heterocycles. The summed E-state index contributed by atoms with van der Waals surface area (Å²) in [6, 6.07) is 4.56. The molecule has 0 bridgehead atoms. The molecule has 1 aromatic carbocycles. The lowest BCUT2D eigenvalue weighted by Crippen LogP contribution is -2.33. The predicted octanol–water partition coefficient (Wildman–Crippen LogP) is 1.02. The Bertz CT molecular complexity index is 435.